The van der Waals surface area contributed by atoms with Crippen molar-refractivity contribution in [2.75, 3.05) is 40.3 Å². The van der Waals surface area contributed by atoms with Crippen molar-refractivity contribution in [2.24, 2.45) is 11.7 Å². The Kier molecular flexibility index (Phi) is 30.0. The van der Waals surface area contributed by atoms with Gasteiger partial charge in [0.2, 0.25) is 6.41 Å². The van der Waals surface area contributed by atoms with Crippen LogP contribution < -0.4 is 16.4 Å². The molecule has 0 saturated carbocycles. The highest BCUT2D eigenvalue weighted by Crippen LogP contribution is 2.15. The van der Waals surface area contributed by atoms with E-state index < -0.39 is 5.97 Å². The molecule has 0 spiro atoms. The third-order valence-electron chi connectivity index (χ3n) is 4.45. The lowest BCUT2D eigenvalue weighted by atomic mass is 10.1. The lowest BCUT2D eigenvalue weighted by Gasteiger charge is -2.05. The predicted octanol–water partition coefficient (Wildman–Crippen LogP) is 1.88. The van der Waals surface area contributed by atoms with Gasteiger partial charge in [0.1, 0.15) is 12.6 Å². The van der Waals surface area contributed by atoms with Gasteiger partial charge in [-0.25, -0.2) is 0 Å². The molecule has 2 aliphatic rings. The van der Waals surface area contributed by atoms with E-state index in [0.717, 1.165) is 32.2 Å². The number of amides is 1. The highest BCUT2D eigenvalue weighted by atomic mass is 16.4. The normalized spacial score (nSPS) is 17.6. The molecule has 2 aliphatic heterocycles. The number of carbonyl (C=O) groups excluding carboxylic acids is 3. The van der Waals surface area contributed by atoms with Crippen LogP contribution in [0.2, 0.25) is 0 Å². The maximum Gasteiger partial charge on any atom is 0.300 e. The minimum atomic E-state index is -0.833. The average molecular weight is 483 g/mol. The maximum absolute atomic E-state index is 10.0. The number of nitrogens with zero attached hydrogens (tertiary/aromatic N) is 1. The number of hydrogen-bond donors (Lipinski definition) is 4. The number of aldehydes is 2. The molecule has 0 aromatic heterocycles. The summed E-state index contributed by atoms with van der Waals surface area (Å²) in [6.07, 6.45) is 6.84. The third kappa shape index (κ3) is 31.6. The summed E-state index contributed by atoms with van der Waals surface area (Å²) in [5.41, 5.74) is 5.82. The van der Waals surface area contributed by atoms with Crippen LogP contribution in [0.15, 0.2) is 30.3 Å². The topological polar surface area (TPSA) is 142 Å². The lowest BCUT2D eigenvalue weighted by Crippen LogP contribution is -2.16. The van der Waals surface area contributed by atoms with Gasteiger partial charge in [-0.3, -0.25) is 9.59 Å². The Morgan fingerprint density at radius 2 is 1.76 bits per heavy atom. The van der Waals surface area contributed by atoms with Gasteiger partial charge in [0.25, 0.3) is 5.97 Å². The predicted molar refractivity (Wildman–Crippen MR) is 138 cm³/mol. The zero-order valence-electron chi connectivity index (χ0n) is 21.5. The average Bonchev–Trinajstić information content (AvgIpc) is 3.46. The number of aliphatic carboxylic acids is 1. The monoisotopic (exact) mass is 482 g/mol. The van der Waals surface area contributed by atoms with E-state index >= 15 is 0 Å². The number of aryl methyl sites for hydroxylation is 1. The molecule has 196 valence electrons. The third-order valence-corrected chi connectivity index (χ3v) is 4.45. The number of nitrogens with one attached hydrogen (secondary N) is 2. The Labute approximate surface area is 205 Å². The number of carbonyl (C=O) groups is 4. The molecule has 0 bridgehead atoms. The first-order chi connectivity index (χ1) is 16.3. The zero-order chi connectivity index (χ0) is 26.6. The van der Waals surface area contributed by atoms with Gasteiger partial charge < -0.3 is 36.0 Å². The van der Waals surface area contributed by atoms with E-state index in [-0.39, 0.29) is 6.54 Å². The van der Waals surface area contributed by atoms with E-state index in [9.17, 15) is 14.4 Å². The minimum absolute atomic E-state index is 0.115. The summed E-state index contributed by atoms with van der Waals surface area (Å²) in [5.74, 6) is -0.188. The Morgan fingerprint density at radius 1 is 1.18 bits per heavy atom. The van der Waals surface area contributed by atoms with Gasteiger partial charge in [0.05, 0.1) is 6.54 Å². The van der Waals surface area contributed by atoms with Crippen molar-refractivity contribution in [3.63, 3.8) is 0 Å². The Balaban J connectivity index is -0.000000354. The van der Waals surface area contributed by atoms with Gasteiger partial charge >= 0.3 is 0 Å². The van der Waals surface area contributed by atoms with Crippen LogP contribution in [0.5, 0.6) is 0 Å². The van der Waals surface area contributed by atoms with Crippen LogP contribution in [-0.4, -0.2) is 81.3 Å². The summed E-state index contributed by atoms with van der Waals surface area (Å²) in [4.78, 5) is 40.0. The Morgan fingerprint density at radius 3 is 2.00 bits per heavy atom. The highest BCUT2D eigenvalue weighted by Gasteiger charge is 2.17. The van der Waals surface area contributed by atoms with Crippen molar-refractivity contribution in [3.05, 3.63) is 35.9 Å². The van der Waals surface area contributed by atoms with Crippen LogP contribution in [0.3, 0.4) is 0 Å². The Bertz CT molecular complexity index is 584. The number of rotatable bonds is 5. The van der Waals surface area contributed by atoms with E-state index in [1.165, 1.54) is 45.0 Å². The summed E-state index contributed by atoms with van der Waals surface area (Å²) in [5, 5.41) is 12.9. The quantitative estimate of drug-likeness (QED) is 0.368. The van der Waals surface area contributed by atoms with Gasteiger partial charge in [-0.15, -0.1) is 0 Å². The number of likely N-dealkylation sites (tertiary alicyclic amines) is 1. The fourth-order valence-corrected chi connectivity index (χ4v) is 2.84. The van der Waals surface area contributed by atoms with Crippen molar-refractivity contribution < 1.29 is 24.3 Å². The van der Waals surface area contributed by atoms with Crippen LogP contribution in [0.4, 0.5) is 0 Å². The molecule has 2 atom stereocenters. The summed E-state index contributed by atoms with van der Waals surface area (Å²) in [7, 11) is 3.60. The largest absolute Gasteiger partial charge is 0.481 e. The van der Waals surface area contributed by atoms with E-state index in [1.54, 1.807) is 0 Å². The first-order valence-electron chi connectivity index (χ1n) is 11.5. The van der Waals surface area contributed by atoms with Gasteiger partial charge in [-0.1, -0.05) is 35.9 Å². The summed E-state index contributed by atoms with van der Waals surface area (Å²) < 4.78 is 0. The molecule has 0 radical (unpaired) electrons. The molecule has 2 unspecified atom stereocenters. The van der Waals surface area contributed by atoms with Crippen LogP contribution in [0.1, 0.15) is 45.1 Å². The molecule has 9 heteroatoms. The summed E-state index contributed by atoms with van der Waals surface area (Å²) in [6, 6.07) is 11.1. The molecule has 0 aliphatic carbocycles. The number of hydrogen-bond acceptors (Lipinski definition) is 7. The second-order valence-corrected chi connectivity index (χ2v) is 7.68. The standard InChI is InChI=1S/C7H13NO.C7H8.C5H11N.C3H5NO2.C2H4O2.CH5N/c1-8-4-2-7(6-8)3-5-9;1-7-5-3-2-4-6-7;1-5-3-2-4-6-5;5-2-1-4-3-6;1-2(3)4;1-2/h5,7H,2-4,6H2,1H3;2-6H,1H3;5-6H,2-4H2,1H3;2-3H,1H2,(H,4,6);1H3,(H,3,4);2H2,1H3. The molecule has 3 rings (SSSR count). The first-order valence-corrected chi connectivity index (χ1v) is 11.5. The van der Waals surface area contributed by atoms with Crippen molar-refractivity contribution in [3.8, 4) is 0 Å². The highest BCUT2D eigenvalue weighted by molar-refractivity contribution is 5.63. The maximum atomic E-state index is 10.0. The second-order valence-electron chi connectivity index (χ2n) is 7.68. The van der Waals surface area contributed by atoms with Gasteiger partial charge in [-0.05, 0) is 66.2 Å². The van der Waals surface area contributed by atoms with E-state index in [2.05, 4.69) is 54.3 Å². The van der Waals surface area contributed by atoms with Crippen LogP contribution >= 0.6 is 0 Å². The molecule has 1 aromatic carbocycles. The van der Waals surface area contributed by atoms with Crippen molar-refractivity contribution in [2.45, 2.75) is 52.5 Å². The van der Waals surface area contributed by atoms with Crippen LogP contribution in [0, 0.1) is 12.8 Å². The van der Waals surface area contributed by atoms with Crippen molar-refractivity contribution >= 4 is 25.0 Å². The summed E-state index contributed by atoms with van der Waals surface area (Å²) >= 11 is 0. The molecule has 2 saturated heterocycles. The molecule has 9 nitrogen and oxygen atoms in total. The molecule has 5 N–H and O–H groups in total. The molecule has 2 heterocycles. The lowest BCUT2D eigenvalue weighted by molar-refractivity contribution is -0.134. The number of benzene rings is 1. The van der Waals surface area contributed by atoms with Crippen molar-refractivity contribution in [1.82, 2.24) is 15.5 Å². The van der Waals surface area contributed by atoms with Gasteiger partial charge in [-0.2, -0.15) is 0 Å². The molecule has 2 fully saturated rings. The minimum Gasteiger partial charge on any atom is -0.481 e. The van der Waals surface area contributed by atoms with E-state index in [4.69, 9.17) is 9.90 Å². The molecular weight excluding hydrogens is 436 g/mol. The smallest absolute Gasteiger partial charge is 0.300 e. The fraction of sp³-hybridized carbons (Fsp3) is 0.600. The van der Waals surface area contributed by atoms with Crippen molar-refractivity contribution in [1.29, 1.82) is 0 Å². The zero-order valence-corrected chi connectivity index (χ0v) is 21.5. The summed E-state index contributed by atoms with van der Waals surface area (Å²) in [6.45, 7) is 9.02. The molecule has 34 heavy (non-hydrogen) atoms. The first kappa shape index (κ1) is 36.0. The van der Waals surface area contributed by atoms with Crippen LogP contribution in [0.25, 0.3) is 0 Å². The second kappa shape index (κ2) is 28.4. The molecule has 1 amide bonds. The van der Waals surface area contributed by atoms with Gasteiger partial charge in [0.15, 0.2) is 0 Å². The van der Waals surface area contributed by atoms with E-state index in [0.29, 0.717) is 18.6 Å². The SMILES string of the molecule is CC(=O)O.CC1CCCN1.CN.CN1CCC(CC=O)C1.Cc1ccccc1.O=CCNC=O. The molecule has 1 aromatic rings. The van der Waals surface area contributed by atoms with Gasteiger partial charge in [0, 0.05) is 25.9 Å². The molecular formula is C25H46N4O5. The fourth-order valence-electron chi connectivity index (χ4n) is 2.84. The Hall–Kier alpha value is -2.62. The van der Waals surface area contributed by atoms with Crippen LogP contribution in [-0.2, 0) is 19.2 Å². The number of carboxylic acids is 1. The number of nitrogens with two attached hydrogens (primary N) is 1. The number of carboxylic acid groups (broad SMARTS) is 1. The van der Waals surface area contributed by atoms with E-state index in [1.807, 2.05) is 18.2 Å².